The molecule has 1 aliphatic rings. The van der Waals surface area contributed by atoms with Crippen molar-refractivity contribution in [3.8, 4) is 11.8 Å². The molecular weight excluding hydrogens is 374 g/mol. The van der Waals surface area contributed by atoms with Crippen molar-refractivity contribution in [3.05, 3.63) is 47.2 Å². The second-order valence-corrected chi connectivity index (χ2v) is 6.42. The number of hydrogen-bond acceptors (Lipinski definition) is 5. The quantitative estimate of drug-likeness (QED) is 0.783. The van der Waals surface area contributed by atoms with E-state index in [1.165, 1.54) is 0 Å². The van der Waals surface area contributed by atoms with Gasteiger partial charge in [0.25, 0.3) is 5.91 Å². The highest BCUT2D eigenvalue weighted by Crippen LogP contribution is 2.17. The zero-order valence-electron chi connectivity index (χ0n) is 13.1. The van der Waals surface area contributed by atoms with E-state index in [1.807, 2.05) is 30.3 Å². The molecule has 1 saturated heterocycles. The molecule has 126 valence electrons. The van der Waals surface area contributed by atoms with Crippen LogP contribution in [0.4, 0.5) is 0 Å². The van der Waals surface area contributed by atoms with Crippen molar-refractivity contribution in [3.63, 3.8) is 0 Å². The summed E-state index contributed by atoms with van der Waals surface area (Å²) in [7, 11) is 0. The van der Waals surface area contributed by atoms with Gasteiger partial charge in [-0.25, -0.2) is 9.97 Å². The van der Waals surface area contributed by atoms with E-state index in [1.54, 1.807) is 17.3 Å². The van der Waals surface area contributed by atoms with E-state index in [9.17, 15) is 4.79 Å². The number of para-hydroxylation sites is 1. The van der Waals surface area contributed by atoms with Crippen LogP contribution in [0.3, 0.4) is 0 Å². The number of ether oxygens (including phenoxy) is 2. The Morgan fingerprint density at radius 3 is 2.75 bits per heavy atom. The third-order valence-corrected chi connectivity index (χ3v) is 4.11. The Morgan fingerprint density at radius 2 is 2.00 bits per heavy atom. The fourth-order valence-corrected chi connectivity index (χ4v) is 2.73. The summed E-state index contributed by atoms with van der Waals surface area (Å²) in [5.74, 6) is 0.655. The van der Waals surface area contributed by atoms with E-state index >= 15 is 0 Å². The van der Waals surface area contributed by atoms with Crippen molar-refractivity contribution in [1.29, 1.82) is 0 Å². The average Bonchev–Trinajstić information content (AvgIpc) is 2.63. The highest BCUT2D eigenvalue weighted by molar-refractivity contribution is 9.10. The zero-order chi connectivity index (χ0) is 16.8. The van der Waals surface area contributed by atoms with Gasteiger partial charge in [0.1, 0.15) is 11.9 Å². The second kappa shape index (κ2) is 8.10. The molecule has 1 fully saturated rings. The molecule has 0 unspecified atom stereocenters. The van der Waals surface area contributed by atoms with E-state index in [2.05, 4.69) is 25.9 Å². The van der Waals surface area contributed by atoms with Gasteiger partial charge in [0.2, 0.25) is 0 Å². The van der Waals surface area contributed by atoms with Gasteiger partial charge in [-0.1, -0.05) is 18.2 Å². The molecule has 2 aromatic rings. The number of aromatic nitrogens is 2. The van der Waals surface area contributed by atoms with Crippen molar-refractivity contribution >= 4 is 21.8 Å². The normalized spacial score (nSPS) is 17.4. The van der Waals surface area contributed by atoms with E-state index in [0.29, 0.717) is 18.3 Å². The lowest BCUT2D eigenvalue weighted by molar-refractivity contribution is -0.136. The Labute approximate surface area is 148 Å². The van der Waals surface area contributed by atoms with Crippen LogP contribution in [0, 0.1) is 0 Å². The smallest absolute Gasteiger partial charge is 0.316 e. The van der Waals surface area contributed by atoms with Crippen LogP contribution in [0.5, 0.6) is 11.8 Å². The first-order valence-corrected chi connectivity index (χ1v) is 8.60. The molecule has 2 heterocycles. The first kappa shape index (κ1) is 16.7. The van der Waals surface area contributed by atoms with Crippen LogP contribution in [0.15, 0.2) is 47.2 Å². The Kier molecular flexibility index (Phi) is 5.63. The summed E-state index contributed by atoms with van der Waals surface area (Å²) in [4.78, 5) is 22.3. The Morgan fingerprint density at radius 1 is 1.25 bits per heavy atom. The molecule has 24 heavy (non-hydrogen) atoms. The van der Waals surface area contributed by atoms with Gasteiger partial charge in [-0.3, -0.25) is 4.79 Å². The minimum atomic E-state index is -0.0967. The Balaban J connectivity index is 1.51. The topological polar surface area (TPSA) is 64.5 Å². The van der Waals surface area contributed by atoms with Crippen molar-refractivity contribution in [2.75, 3.05) is 19.7 Å². The fourth-order valence-electron chi connectivity index (χ4n) is 2.52. The van der Waals surface area contributed by atoms with Gasteiger partial charge in [-0.2, -0.15) is 0 Å². The SMILES string of the molecule is O=C(COc1ccccc1)N1CCC[C@H](Oc2ncc(Br)cn2)C1. The van der Waals surface area contributed by atoms with Crippen LogP contribution in [0.25, 0.3) is 0 Å². The molecule has 1 aliphatic heterocycles. The monoisotopic (exact) mass is 391 g/mol. The number of amides is 1. The van der Waals surface area contributed by atoms with Crippen molar-refractivity contribution in [1.82, 2.24) is 14.9 Å². The van der Waals surface area contributed by atoms with Crippen molar-refractivity contribution in [2.45, 2.75) is 18.9 Å². The van der Waals surface area contributed by atoms with Crippen LogP contribution in [0.1, 0.15) is 12.8 Å². The fraction of sp³-hybridized carbons (Fsp3) is 0.353. The summed E-state index contributed by atoms with van der Waals surface area (Å²) >= 11 is 3.29. The van der Waals surface area contributed by atoms with Gasteiger partial charge >= 0.3 is 6.01 Å². The molecular formula is C17H18BrN3O3. The summed E-state index contributed by atoms with van der Waals surface area (Å²) in [6, 6.07) is 9.66. The molecule has 3 rings (SSSR count). The molecule has 1 aromatic heterocycles. The van der Waals surface area contributed by atoms with Gasteiger partial charge < -0.3 is 14.4 Å². The maximum absolute atomic E-state index is 12.3. The number of carbonyl (C=O) groups excluding carboxylic acids is 1. The third kappa shape index (κ3) is 4.67. The van der Waals surface area contributed by atoms with Gasteiger partial charge in [-0.05, 0) is 40.9 Å². The maximum Gasteiger partial charge on any atom is 0.316 e. The minimum absolute atomic E-state index is 0.0333. The van der Waals surface area contributed by atoms with Gasteiger partial charge in [-0.15, -0.1) is 0 Å². The highest BCUT2D eigenvalue weighted by Gasteiger charge is 2.25. The molecule has 0 radical (unpaired) electrons. The van der Waals surface area contributed by atoms with E-state index in [4.69, 9.17) is 9.47 Å². The van der Waals surface area contributed by atoms with Crippen molar-refractivity contribution in [2.24, 2.45) is 0 Å². The van der Waals surface area contributed by atoms with Crippen LogP contribution in [-0.2, 0) is 4.79 Å². The number of halogens is 1. The molecule has 0 aliphatic carbocycles. The van der Waals surface area contributed by atoms with Gasteiger partial charge in [0, 0.05) is 18.9 Å². The summed E-state index contributed by atoms with van der Waals surface area (Å²) in [6.07, 6.45) is 4.95. The predicted molar refractivity (Wildman–Crippen MR) is 91.9 cm³/mol. The average molecular weight is 392 g/mol. The van der Waals surface area contributed by atoms with Crippen molar-refractivity contribution < 1.29 is 14.3 Å². The first-order chi connectivity index (χ1) is 11.7. The third-order valence-electron chi connectivity index (χ3n) is 3.71. The maximum atomic E-state index is 12.3. The number of likely N-dealkylation sites (tertiary alicyclic amines) is 1. The zero-order valence-corrected chi connectivity index (χ0v) is 14.7. The lowest BCUT2D eigenvalue weighted by Crippen LogP contribution is -2.46. The molecule has 0 N–H and O–H groups in total. The number of hydrogen-bond donors (Lipinski definition) is 0. The largest absolute Gasteiger partial charge is 0.484 e. The Hall–Kier alpha value is -2.15. The standard InChI is InChI=1S/C17H18BrN3O3/c18-13-9-19-17(20-10-13)24-15-7-4-8-21(11-15)16(22)12-23-14-5-2-1-3-6-14/h1-3,5-6,9-10,15H,4,7-8,11-12H2/t15-/m0/s1. The highest BCUT2D eigenvalue weighted by atomic mass is 79.9. The summed E-state index contributed by atoms with van der Waals surface area (Å²) in [6.45, 7) is 1.28. The van der Waals surface area contributed by atoms with Gasteiger partial charge in [0.15, 0.2) is 6.61 Å². The molecule has 0 spiro atoms. The molecule has 1 amide bonds. The lowest BCUT2D eigenvalue weighted by Gasteiger charge is -2.32. The molecule has 0 bridgehead atoms. The lowest BCUT2D eigenvalue weighted by atomic mass is 10.1. The van der Waals surface area contributed by atoms with Gasteiger partial charge in [0.05, 0.1) is 11.0 Å². The molecule has 1 aromatic carbocycles. The van der Waals surface area contributed by atoms with E-state index < -0.39 is 0 Å². The predicted octanol–water partition coefficient (Wildman–Crippen LogP) is 2.69. The second-order valence-electron chi connectivity index (χ2n) is 5.51. The molecule has 6 nitrogen and oxygen atoms in total. The van der Waals surface area contributed by atoms with Crippen LogP contribution < -0.4 is 9.47 Å². The summed E-state index contributed by atoms with van der Waals surface area (Å²) in [5.41, 5.74) is 0. The summed E-state index contributed by atoms with van der Waals surface area (Å²) in [5, 5.41) is 0. The van der Waals surface area contributed by atoms with Crippen LogP contribution in [0.2, 0.25) is 0 Å². The Bertz CT molecular complexity index is 667. The minimum Gasteiger partial charge on any atom is -0.484 e. The van der Waals surface area contributed by atoms with Crippen LogP contribution in [-0.4, -0.2) is 46.6 Å². The first-order valence-electron chi connectivity index (χ1n) is 7.80. The number of benzene rings is 1. The van der Waals surface area contributed by atoms with Crippen LogP contribution >= 0.6 is 15.9 Å². The number of carbonyl (C=O) groups is 1. The number of rotatable bonds is 5. The number of piperidine rings is 1. The number of nitrogens with zero attached hydrogens (tertiary/aromatic N) is 3. The van der Waals surface area contributed by atoms with E-state index in [-0.39, 0.29) is 18.6 Å². The molecule has 1 atom stereocenters. The van der Waals surface area contributed by atoms with E-state index in [0.717, 1.165) is 23.9 Å². The molecule has 0 saturated carbocycles. The summed E-state index contributed by atoms with van der Waals surface area (Å²) < 4.78 is 12.1. The molecule has 7 heteroatoms.